The molecule has 1 aromatic rings. The zero-order valence-corrected chi connectivity index (χ0v) is 10.3. The lowest BCUT2D eigenvalue weighted by atomic mass is 10.1. The summed E-state index contributed by atoms with van der Waals surface area (Å²) in [7, 11) is 5.53. The van der Waals surface area contributed by atoms with Crippen molar-refractivity contribution in [3.05, 3.63) is 23.8 Å². The number of rotatable bonds is 4. The van der Waals surface area contributed by atoms with Crippen molar-refractivity contribution in [3.8, 4) is 11.5 Å². The first kappa shape index (κ1) is 13.3. The van der Waals surface area contributed by atoms with Crippen molar-refractivity contribution in [2.75, 3.05) is 34.2 Å². The molecule has 1 aromatic carbocycles. The second kappa shape index (κ2) is 5.54. The molecule has 0 heterocycles. The fourth-order valence-corrected chi connectivity index (χ4v) is 1.36. The highest BCUT2D eigenvalue weighted by molar-refractivity contribution is 5.96. The second-order valence-corrected chi connectivity index (χ2v) is 4.23. The molecule has 17 heavy (non-hydrogen) atoms. The molecule has 5 heteroatoms. The quantitative estimate of drug-likeness (QED) is 0.811. The summed E-state index contributed by atoms with van der Waals surface area (Å²) in [6, 6.07) is 3.96. The van der Waals surface area contributed by atoms with Crippen LogP contribution in [0.5, 0.6) is 11.5 Å². The van der Waals surface area contributed by atoms with E-state index in [1.165, 1.54) is 17.0 Å². The highest BCUT2D eigenvalue weighted by Gasteiger charge is 2.15. The fourth-order valence-electron chi connectivity index (χ4n) is 1.36. The monoisotopic (exact) mass is 238 g/mol. The van der Waals surface area contributed by atoms with Gasteiger partial charge in [-0.25, -0.2) is 0 Å². The first-order chi connectivity index (χ1) is 7.91. The van der Waals surface area contributed by atoms with Crippen LogP contribution < -0.4 is 0 Å². The molecule has 0 radical (unpaired) electrons. The van der Waals surface area contributed by atoms with Gasteiger partial charge in [0.15, 0.2) is 0 Å². The lowest BCUT2D eigenvalue weighted by molar-refractivity contribution is 0.0783. The van der Waals surface area contributed by atoms with Gasteiger partial charge in [0.25, 0.3) is 5.91 Å². The highest BCUT2D eigenvalue weighted by Crippen LogP contribution is 2.23. The summed E-state index contributed by atoms with van der Waals surface area (Å²) in [6.45, 7) is 1.33. The number of hydrogen-bond acceptors (Lipinski definition) is 4. The second-order valence-electron chi connectivity index (χ2n) is 4.23. The molecule has 0 saturated heterocycles. The minimum atomic E-state index is -0.260. The lowest BCUT2D eigenvalue weighted by Crippen LogP contribution is -2.33. The van der Waals surface area contributed by atoms with Crippen molar-refractivity contribution in [3.63, 3.8) is 0 Å². The average molecular weight is 238 g/mol. The van der Waals surface area contributed by atoms with Gasteiger partial charge in [0.1, 0.15) is 11.5 Å². The third-order valence-corrected chi connectivity index (χ3v) is 2.44. The van der Waals surface area contributed by atoms with Crippen LogP contribution in [-0.4, -0.2) is 60.2 Å². The van der Waals surface area contributed by atoms with E-state index >= 15 is 0 Å². The largest absolute Gasteiger partial charge is 0.508 e. The molecule has 5 nitrogen and oxygen atoms in total. The molecule has 0 aliphatic heterocycles. The van der Waals surface area contributed by atoms with Crippen LogP contribution in [0, 0.1) is 0 Å². The van der Waals surface area contributed by atoms with Crippen molar-refractivity contribution >= 4 is 5.91 Å². The number of hydrogen-bond donors (Lipinski definition) is 2. The molecule has 0 saturated carbocycles. The van der Waals surface area contributed by atoms with Gasteiger partial charge in [0.2, 0.25) is 0 Å². The van der Waals surface area contributed by atoms with E-state index in [0.29, 0.717) is 6.54 Å². The number of carbonyl (C=O) groups excluding carboxylic acids is 1. The molecule has 0 fully saturated rings. The lowest BCUT2D eigenvalue weighted by Gasteiger charge is -2.20. The summed E-state index contributed by atoms with van der Waals surface area (Å²) in [5, 5.41) is 18.7. The van der Waals surface area contributed by atoms with Crippen molar-refractivity contribution in [2.24, 2.45) is 0 Å². The summed E-state index contributed by atoms with van der Waals surface area (Å²) < 4.78 is 0. The smallest absolute Gasteiger partial charge is 0.257 e. The molecule has 94 valence electrons. The van der Waals surface area contributed by atoms with E-state index in [0.717, 1.165) is 12.6 Å². The summed E-state index contributed by atoms with van der Waals surface area (Å²) >= 11 is 0. The van der Waals surface area contributed by atoms with Crippen LogP contribution in [0.4, 0.5) is 0 Å². The predicted molar refractivity (Wildman–Crippen MR) is 65.3 cm³/mol. The zero-order valence-electron chi connectivity index (χ0n) is 10.3. The van der Waals surface area contributed by atoms with Crippen molar-refractivity contribution in [1.82, 2.24) is 9.80 Å². The number of phenolic OH excluding ortho intramolecular Hbond substituents is 2. The maximum atomic E-state index is 12.0. The Balaban J connectivity index is 2.75. The Morgan fingerprint density at radius 1 is 1.18 bits per heavy atom. The molecular formula is C12H18N2O3. The number of aromatic hydroxyl groups is 2. The number of phenols is 2. The third kappa shape index (κ3) is 3.64. The van der Waals surface area contributed by atoms with E-state index < -0.39 is 0 Å². The minimum absolute atomic E-state index is 0.0602. The number of nitrogens with zero attached hydrogens (tertiary/aromatic N) is 2. The van der Waals surface area contributed by atoms with Crippen LogP contribution in [0.25, 0.3) is 0 Å². The van der Waals surface area contributed by atoms with Crippen molar-refractivity contribution < 1.29 is 15.0 Å². The normalized spacial score (nSPS) is 10.6. The van der Waals surface area contributed by atoms with Gasteiger partial charge in [-0.15, -0.1) is 0 Å². The SMILES string of the molecule is CN(C)CCN(C)C(=O)c1ccc(O)cc1O. The Morgan fingerprint density at radius 3 is 2.35 bits per heavy atom. The van der Waals surface area contributed by atoms with E-state index in [4.69, 9.17) is 5.11 Å². The van der Waals surface area contributed by atoms with Gasteiger partial charge < -0.3 is 20.0 Å². The Bertz CT molecular complexity index is 405. The predicted octanol–water partition coefficient (Wildman–Crippen LogP) is 0.731. The number of amides is 1. The maximum absolute atomic E-state index is 12.0. The Morgan fingerprint density at radius 2 is 1.82 bits per heavy atom. The molecule has 0 aromatic heterocycles. The van der Waals surface area contributed by atoms with Gasteiger partial charge in [-0.2, -0.15) is 0 Å². The fraction of sp³-hybridized carbons (Fsp3) is 0.417. The molecule has 0 aliphatic carbocycles. The summed E-state index contributed by atoms with van der Waals surface area (Å²) in [5.74, 6) is -0.522. The van der Waals surface area contributed by atoms with Crippen LogP contribution >= 0.6 is 0 Å². The summed E-state index contributed by atoms with van der Waals surface area (Å²) in [6.07, 6.45) is 0. The Kier molecular flexibility index (Phi) is 4.34. The van der Waals surface area contributed by atoms with Gasteiger partial charge >= 0.3 is 0 Å². The van der Waals surface area contributed by atoms with Gasteiger partial charge in [-0.05, 0) is 26.2 Å². The van der Waals surface area contributed by atoms with Crippen LogP contribution in [0.3, 0.4) is 0 Å². The molecule has 1 rings (SSSR count). The molecule has 0 spiro atoms. The topological polar surface area (TPSA) is 64.0 Å². The number of carbonyl (C=O) groups is 1. The molecular weight excluding hydrogens is 220 g/mol. The van der Waals surface area contributed by atoms with Gasteiger partial charge in [-0.1, -0.05) is 0 Å². The molecule has 2 N–H and O–H groups in total. The number of benzene rings is 1. The van der Waals surface area contributed by atoms with Crippen LogP contribution in [0.1, 0.15) is 10.4 Å². The summed E-state index contributed by atoms with van der Waals surface area (Å²) in [5.41, 5.74) is 0.198. The van der Waals surface area contributed by atoms with Gasteiger partial charge in [0, 0.05) is 26.2 Å². The van der Waals surface area contributed by atoms with Crippen molar-refractivity contribution in [2.45, 2.75) is 0 Å². The Labute approximate surface area is 101 Å². The molecule has 0 atom stereocenters. The van der Waals surface area contributed by atoms with E-state index in [9.17, 15) is 9.90 Å². The first-order valence-corrected chi connectivity index (χ1v) is 5.34. The maximum Gasteiger partial charge on any atom is 0.257 e. The van der Waals surface area contributed by atoms with Crippen LogP contribution in [-0.2, 0) is 0 Å². The molecule has 0 unspecified atom stereocenters. The van der Waals surface area contributed by atoms with E-state index in [1.807, 2.05) is 19.0 Å². The third-order valence-electron chi connectivity index (χ3n) is 2.44. The van der Waals surface area contributed by atoms with Gasteiger partial charge in [-0.3, -0.25) is 4.79 Å². The van der Waals surface area contributed by atoms with E-state index in [1.54, 1.807) is 7.05 Å². The van der Waals surface area contributed by atoms with Gasteiger partial charge in [0.05, 0.1) is 5.56 Å². The van der Waals surface area contributed by atoms with Crippen molar-refractivity contribution in [1.29, 1.82) is 0 Å². The molecule has 0 aliphatic rings. The average Bonchev–Trinajstić information content (AvgIpc) is 2.25. The van der Waals surface area contributed by atoms with E-state index in [-0.39, 0.29) is 23.0 Å². The molecule has 1 amide bonds. The first-order valence-electron chi connectivity index (χ1n) is 5.34. The van der Waals surface area contributed by atoms with Crippen LogP contribution in [0.2, 0.25) is 0 Å². The highest BCUT2D eigenvalue weighted by atomic mass is 16.3. The van der Waals surface area contributed by atoms with E-state index in [2.05, 4.69) is 0 Å². The summed E-state index contributed by atoms with van der Waals surface area (Å²) in [4.78, 5) is 15.5. The molecule has 0 bridgehead atoms. The number of likely N-dealkylation sites (N-methyl/N-ethyl adjacent to an activating group) is 2. The van der Waals surface area contributed by atoms with Crippen LogP contribution in [0.15, 0.2) is 18.2 Å². The zero-order chi connectivity index (χ0) is 13.0. The Hall–Kier alpha value is -1.75. The standard InChI is InChI=1S/C12H18N2O3/c1-13(2)6-7-14(3)12(17)10-5-4-9(15)8-11(10)16/h4-5,8,15-16H,6-7H2,1-3H3. The minimum Gasteiger partial charge on any atom is -0.508 e.